The Balaban J connectivity index is 1.73. The summed E-state index contributed by atoms with van der Waals surface area (Å²) in [5.74, 6) is -0.103. The SMILES string of the molecule is CCCCc1nc(Cl)c([C@](N)(CCC(N)=O)C(=O)OC)n1Cc1ccc(-c2ccccc2-c2nn[nH]n2)cc1. The average molecular weight is 551 g/mol. The number of esters is 1. The number of unbranched alkanes of at least 4 members (excludes halogenated alkanes) is 1. The summed E-state index contributed by atoms with van der Waals surface area (Å²) in [6.07, 6.45) is 2.27. The van der Waals surface area contributed by atoms with Crippen molar-refractivity contribution >= 4 is 23.5 Å². The van der Waals surface area contributed by atoms with E-state index in [-0.39, 0.29) is 18.0 Å². The third kappa shape index (κ3) is 5.99. The molecule has 4 rings (SSSR count). The summed E-state index contributed by atoms with van der Waals surface area (Å²) in [5.41, 5.74) is 14.3. The summed E-state index contributed by atoms with van der Waals surface area (Å²) in [5, 5.41) is 14.5. The fourth-order valence-corrected chi connectivity index (χ4v) is 4.95. The fourth-order valence-electron chi connectivity index (χ4n) is 4.59. The van der Waals surface area contributed by atoms with Crippen molar-refractivity contribution in [2.24, 2.45) is 11.5 Å². The van der Waals surface area contributed by atoms with Crippen molar-refractivity contribution in [2.45, 2.75) is 51.1 Å². The number of tetrazole rings is 1. The number of hydrogen-bond donors (Lipinski definition) is 3. The molecule has 0 aliphatic rings. The summed E-state index contributed by atoms with van der Waals surface area (Å²) in [6, 6.07) is 15.8. The van der Waals surface area contributed by atoms with E-state index < -0.39 is 17.4 Å². The van der Waals surface area contributed by atoms with Crippen molar-refractivity contribution in [3.8, 4) is 22.5 Å². The Kier molecular flexibility index (Phi) is 8.72. The predicted octanol–water partition coefficient (Wildman–Crippen LogP) is 3.37. The van der Waals surface area contributed by atoms with Gasteiger partial charge in [0.05, 0.1) is 12.8 Å². The van der Waals surface area contributed by atoms with Gasteiger partial charge in [-0.2, -0.15) is 5.21 Å². The number of nitrogens with one attached hydrogen (secondary N) is 1. The van der Waals surface area contributed by atoms with Gasteiger partial charge in [0.2, 0.25) is 11.7 Å². The number of primary amides is 1. The highest BCUT2D eigenvalue weighted by molar-refractivity contribution is 6.30. The Labute approximate surface area is 230 Å². The predicted molar refractivity (Wildman–Crippen MR) is 146 cm³/mol. The first-order valence-electron chi connectivity index (χ1n) is 12.6. The van der Waals surface area contributed by atoms with Crippen LogP contribution in [0.15, 0.2) is 48.5 Å². The number of carbonyl (C=O) groups excluding carboxylic acids is 2. The molecule has 0 fully saturated rings. The molecule has 0 bridgehead atoms. The van der Waals surface area contributed by atoms with Crippen LogP contribution in [-0.2, 0) is 32.8 Å². The lowest BCUT2D eigenvalue weighted by Gasteiger charge is -2.28. The minimum atomic E-state index is -1.71. The third-order valence-electron chi connectivity index (χ3n) is 6.61. The van der Waals surface area contributed by atoms with Crippen LogP contribution in [0, 0.1) is 0 Å². The number of halogens is 1. The van der Waals surface area contributed by atoms with Crippen LogP contribution in [0.25, 0.3) is 22.5 Å². The monoisotopic (exact) mass is 550 g/mol. The molecular weight excluding hydrogens is 520 g/mol. The minimum absolute atomic E-state index is 0.0700. The Morgan fingerprint density at radius 1 is 1.13 bits per heavy atom. The van der Waals surface area contributed by atoms with Gasteiger partial charge in [-0.1, -0.05) is 73.5 Å². The number of aromatic nitrogens is 6. The van der Waals surface area contributed by atoms with Crippen molar-refractivity contribution in [1.82, 2.24) is 30.2 Å². The van der Waals surface area contributed by atoms with E-state index in [1.54, 1.807) is 0 Å². The molecule has 0 unspecified atom stereocenters. The maximum atomic E-state index is 12.9. The Morgan fingerprint density at radius 3 is 2.46 bits per heavy atom. The molecule has 0 saturated heterocycles. The third-order valence-corrected chi connectivity index (χ3v) is 6.88. The second-order valence-electron chi connectivity index (χ2n) is 9.26. The molecule has 11 nitrogen and oxygen atoms in total. The molecule has 39 heavy (non-hydrogen) atoms. The number of benzene rings is 2. The van der Waals surface area contributed by atoms with E-state index in [9.17, 15) is 9.59 Å². The van der Waals surface area contributed by atoms with Crippen molar-refractivity contribution < 1.29 is 14.3 Å². The summed E-state index contributed by atoms with van der Waals surface area (Å²) < 4.78 is 6.89. The van der Waals surface area contributed by atoms with Crippen LogP contribution < -0.4 is 11.5 Å². The second-order valence-corrected chi connectivity index (χ2v) is 9.62. The Hall–Kier alpha value is -4.09. The van der Waals surface area contributed by atoms with E-state index in [1.165, 1.54) is 7.11 Å². The van der Waals surface area contributed by atoms with Crippen molar-refractivity contribution in [3.05, 3.63) is 70.8 Å². The van der Waals surface area contributed by atoms with Gasteiger partial charge in [0.15, 0.2) is 10.7 Å². The number of aryl methyl sites for hydroxylation is 1. The summed E-state index contributed by atoms with van der Waals surface area (Å²) in [4.78, 5) is 29.1. The Morgan fingerprint density at radius 2 is 1.85 bits per heavy atom. The van der Waals surface area contributed by atoms with Gasteiger partial charge in [0.1, 0.15) is 5.82 Å². The molecule has 0 aliphatic heterocycles. The van der Waals surface area contributed by atoms with Gasteiger partial charge >= 0.3 is 5.97 Å². The number of nitrogens with two attached hydrogens (primary N) is 2. The summed E-state index contributed by atoms with van der Waals surface area (Å²) >= 11 is 6.61. The molecule has 204 valence electrons. The first kappa shape index (κ1) is 27.9. The molecule has 0 saturated carbocycles. The molecule has 0 radical (unpaired) electrons. The largest absolute Gasteiger partial charge is 0.467 e. The van der Waals surface area contributed by atoms with E-state index >= 15 is 0 Å². The van der Waals surface area contributed by atoms with Crippen LogP contribution in [0.3, 0.4) is 0 Å². The zero-order valence-electron chi connectivity index (χ0n) is 21.9. The van der Waals surface area contributed by atoms with Gasteiger partial charge in [-0.25, -0.2) is 9.78 Å². The van der Waals surface area contributed by atoms with Crippen LogP contribution in [0.1, 0.15) is 49.7 Å². The number of hydrogen-bond acceptors (Lipinski definition) is 8. The molecule has 0 aliphatic carbocycles. The maximum Gasteiger partial charge on any atom is 0.332 e. The molecule has 4 aromatic rings. The summed E-state index contributed by atoms with van der Waals surface area (Å²) in [6.45, 7) is 2.43. The van der Waals surface area contributed by atoms with E-state index in [2.05, 4.69) is 32.5 Å². The van der Waals surface area contributed by atoms with E-state index in [1.807, 2.05) is 53.1 Å². The van der Waals surface area contributed by atoms with Gasteiger partial charge < -0.3 is 20.8 Å². The number of ether oxygens (including phenoxy) is 1. The molecule has 0 spiro atoms. The molecule has 1 atom stereocenters. The number of methoxy groups -OCH3 is 1. The number of aromatic amines is 1. The van der Waals surface area contributed by atoms with Gasteiger partial charge in [0.25, 0.3) is 0 Å². The van der Waals surface area contributed by atoms with Crippen molar-refractivity contribution in [1.29, 1.82) is 0 Å². The number of imidazole rings is 1. The van der Waals surface area contributed by atoms with Crippen molar-refractivity contribution in [3.63, 3.8) is 0 Å². The van der Waals surface area contributed by atoms with Gasteiger partial charge in [0, 0.05) is 24.9 Å². The van der Waals surface area contributed by atoms with Gasteiger partial charge in [-0.15, -0.1) is 10.2 Å². The lowest BCUT2D eigenvalue weighted by atomic mass is 9.90. The van der Waals surface area contributed by atoms with Crippen LogP contribution in [-0.4, -0.2) is 49.2 Å². The molecule has 5 N–H and O–H groups in total. The molecule has 2 heterocycles. The van der Waals surface area contributed by atoms with Crippen LogP contribution >= 0.6 is 11.6 Å². The molecule has 2 aromatic carbocycles. The Bertz CT molecular complexity index is 1440. The minimum Gasteiger partial charge on any atom is -0.467 e. The number of amides is 1. The number of nitrogens with zero attached hydrogens (tertiary/aromatic N) is 5. The van der Waals surface area contributed by atoms with Gasteiger partial charge in [-0.05, 0) is 34.7 Å². The fraction of sp³-hybridized carbons (Fsp3) is 0.333. The van der Waals surface area contributed by atoms with E-state index in [0.29, 0.717) is 30.3 Å². The average Bonchev–Trinajstić information content (AvgIpc) is 3.59. The first-order chi connectivity index (χ1) is 18.8. The van der Waals surface area contributed by atoms with Gasteiger partial charge in [-0.3, -0.25) is 4.79 Å². The highest BCUT2D eigenvalue weighted by atomic mass is 35.5. The highest BCUT2D eigenvalue weighted by Crippen LogP contribution is 2.34. The topological polar surface area (TPSA) is 168 Å². The van der Waals surface area contributed by atoms with E-state index in [4.69, 9.17) is 27.8 Å². The standard InChI is InChI=1S/C27H31ClN8O3/c1-3-4-9-22-31-24(28)23(27(30,26(38)39-2)15-14-21(29)37)36(22)16-17-10-12-18(13-11-17)19-7-5-6-8-20(19)25-32-34-35-33-25/h5-8,10-13H,3-4,9,14-16,30H2,1-2H3,(H2,29,37)(H,32,33,34,35)/t27-/m1/s1. The molecule has 12 heteroatoms. The lowest BCUT2D eigenvalue weighted by molar-refractivity contribution is -0.148. The lowest BCUT2D eigenvalue weighted by Crippen LogP contribution is -2.48. The van der Waals surface area contributed by atoms with Crippen LogP contribution in [0.2, 0.25) is 5.15 Å². The smallest absolute Gasteiger partial charge is 0.332 e. The maximum absolute atomic E-state index is 12.9. The molecule has 2 aromatic heterocycles. The molecule has 1 amide bonds. The summed E-state index contributed by atoms with van der Waals surface area (Å²) in [7, 11) is 1.24. The van der Waals surface area contributed by atoms with E-state index in [0.717, 1.165) is 35.1 Å². The molecular formula is C27H31ClN8O3. The number of carbonyl (C=O) groups is 2. The number of H-pyrrole nitrogens is 1. The van der Waals surface area contributed by atoms with Crippen molar-refractivity contribution in [2.75, 3.05) is 7.11 Å². The zero-order valence-corrected chi connectivity index (χ0v) is 22.6. The second kappa shape index (κ2) is 12.2. The van der Waals surface area contributed by atoms with Crippen LogP contribution in [0.4, 0.5) is 0 Å². The number of rotatable bonds is 12. The quantitative estimate of drug-likeness (QED) is 0.225. The zero-order chi connectivity index (χ0) is 28.0. The van der Waals surface area contributed by atoms with Crippen LogP contribution in [0.5, 0.6) is 0 Å². The first-order valence-corrected chi connectivity index (χ1v) is 13.0. The highest BCUT2D eigenvalue weighted by Gasteiger charge is 2.43. The normalized spacial score (nSPS) is 12.7.